The van der Waals surface area contributed by atoms with Gasteiger partial charge in [-0.2, -0.15) is 0 Å². The smallest absolute Gasteiger partial charge is 0.130 e. The van der Waals surface area contributed by atoms with Crippen molar-refractivity contribution in [2.45, 2.75) is 57.4 Å². The van der Waals surface area contributed by atoms with E-state index in [9.17, 15) is 9.50 Å². The number of halogens is 1. The van der Waals surface area contributed by atoms with Crippen molar-refractivity contribution < 1.29 is 9.50 Å². The van der Waals surface area contributed by atoms with Crippen molar-refractivity contribution >= 4 is 0 Å². The molecule has 0 fully saturated rings. The second-order valence-corrected chi connectivity index (χ2v) is 5.72. The van der Waals surface area contributed by atoms with Crippen LogP contribution in [-0.2, 0) is 11.8 Å². The first-order valence-corrected chi connectivity index (χ1v) is 6.72. The maximum Gasteiger partial charge on any atom is 0.130 e. The second-order valence-electron chi connectivity index (χ2n) is 5.72. The molecule has 1 aromatic carbocycles. The minimum absolute atomic E-state index is 0.00121. The topological polar surface area (TPSA) is 46.2 Å². The zero-order valence-electron chi connectivity index (χ0n) is 11.2. The number of nitrogens with two attached hydrogens (primary N) is 1. The molecule has 1 aliphatic carbocycles. The Kier molecular flexibility index (Phi) is 3.62. The fourth-order valence-corrected chi connectivity index (χ4v) is 2.96. The van der Waals surface area contributed by atoms with Crippen molar-refractivity contribution in [3.63, 3.8) is 0 Å². The highest BCUT2D eigenvalue weighted by atomic mass is 19.1. The summed E-state index contributed by atoms with van der Waals surface area (Å²) in [4.78, 5) is 0. The molecule has 2 nitrogen and oxygen atoms in total. The molecule has 0 heterocycles. The van der Waals surface area contributed by atoms with E-state index < -0.39 is 0 Å². The van der Waals surface area contributed by atoms with Gasteiger partial charge < -0.3 is 10.8 Å². The summed E-state index contributed by atoms with van der Waals surface area (Å²) in [5, 5.41) is 9.66. The van der Waals surface area contributed by atoms with E-state index in [-0.39, 0.29) is 23.0 Å². The molecule has 0 saturated heterocycles. The molecule has 1 aliphatic rings. The third-order valence-corrected chi connectivity index (χ3v) is 4.42. The highest BCUT2D eigenvalue weighted by Gasteiger charge is 2.34. The molecule has 1 aromatic rings. The summed E-state index contributed by atoms with van der Waals surface area (Å²) in [6.07, 6.45) is 4.91. The van der Waals surface area contributed by atoms with Crippen LogP contribution in [0.1, 0.15) is 50.7 Å². The normalized spacial score (nSPS) is 26.0. The van der Waals surface area contributed by atoms with E-state index in [1.54, 1.807) is 6.07 Å². The van der Waals surface area contributed by atoms with Crippen LogP contribution in [0.5, 0.6) is 5.75 Å². The first kappa shape index (κ1) is 13.3. The van der Waals surface area contributed by atoms with E-state index in [0.29, 0.717) is 0 Å². The minimum Gasteiger partial charge on any atom is -0.508 e. The molecule has 3 heteroatoms. The number of hydrogen-bond donors (Lipinski definition) is 2. The zero-order chi connectivity index (χ0) is 13.3. The first-order chi connectivity index (χ1) is 8.45. The van der Waals surface area contributed by atoms with Crippen molar-refractivity contribution in [3.05, 3.63) is 29.1 Å². The lowest BCUT2D eigenvalue weighted by molar-refractivity contribution is 0.335. The van der Waals surface area contributed by atoms with Crippen LogP contribution in [0.2, 0.25) is 0 Å². The molecule has 0 aliphatic heterocycles. The molecule has 0 radical (unpaired) electrons. The predicted octanol–water partition coefficient (Wildman–Crippen LogP) is 3.25. The first-order valence-electron chi connectivity index (χ1n) is 6.72. The van der Waals surface area contributed by atoms with Crippen LogP contribution >= 0.6 is 0 Å². The van der Waals surface area contributed by atoms with Gasteiger partial charge in [0.05, 0.1) is 0 Å². The maximum atomic E-state index is 14.1. The third kappa shape index (κ3) is 2.24. The molecule has 2 rings (SSSR count). The maximum absolute atomic E-state index is 14.1. The van der Waals surface area contributed by atoms with Crippen molar-refractivity contribution in [1.82, 2.24) is 0 Å². The lowest BCUT2D eigenvalue weighted by Gasteiger charge is -2.37. The summed E-state index contributed by atoms with van der Waals surface area (Å²) in [5.74, 6) is -0.294. The van der Waals surface area contributed by atoms with Crippen LogP contribution in [0.25, 0.3) is 0 Å². The Hall–Kier alpha value is -1.09. The molecule has 0 bridgehead atoms. The molecule has 2 atom stereocenters. The summed E-state index contributed by atoms with van der Waals surface area (Å²) in [6, 6.07) is 2.85. The Morgan fingerprint density at radius 1 is 1.33 bits per heavy atom. The van der Waals surface area contributed by atoms with Crippen LogP contribution in [0.3, 0.4) is 0 Å². The largest absolute Gasteiger partial charge is 0.508 e. The molecule has 3 N–H and O–H groups in total. The van der Waals surface area contributed by atoms with Gasteiger partial charge in [0.25, 0.3) is 0 Å². The van der Waals surface area contributed by atoms with E-state index in [4.69, 9.17) is 5.73 Å². The number of fused-ring (bicyclic) bond motifs is 1. The van der Waals surface area contributed by atoms with Gasteiger partial charge in [-0.1, -0.05) is 19.8 Å². The summed E-state index contributed by atoms with van der Waals surface area (Å²) < 4.78 is 14.1. The lowest BCUT2D eigenvalue weighted by Crippen LogP contribution is -2.42. The summed E-state index contributed by atoms with van der Waals surface area (Å²) in [6.45, 7) is 4.05. The number of hydrogen-bond acceptors (Lipinski definition) is 2. The Morgan fingerprint density at radius 3 is 2.72 bits per heavy atom. The Bertz CT molecular complexity index is 444. The van der Waals surface area contributed by atoms with Gasteiger partial charge in [-0.3, -0.25) is 0 Å². The van der Waals surface area contributed by atoms with Crippen LogP contribution in [0.4, 0.5) is 4.39 Å². The fourth-order valence-electron chi connectivity index (χ4n) is 2.96. The molecule has 0 spiro atoms. The quantitative estimate of drug-likeness (QED) is 0.804. The van der Waals surface area contributed by atoms with Gasteiger partial charge in [0.15, 0.2) is 0 Å². The molecule has 0 aromatic heterocycles. The Balaban J connectivity index is 2.61. The molecule has 0 saturated carbocycles. The van der Waals surface area contributed by atoms with E-state index in [1.165, 1.54) is 6.07 Å². The number of aromatic hydroxyl groups is 1. The molecule has 18 heavy (non-hydrogen) atoms. The summed E-state index contributed by atoms with van der Waals surface area (Å²) in [7, 11) is 0. The standard InChI is InChI=1S/C15H22FNO/c1-10(17)15(2)7-5-3-4-6-12-13(15)8-11(18)9-14(12)16/h8-10,18H,3-7,17H2,1-2H3. The van der Waals surface area contributed by atoms with E-state index >= 15 is 0 Å². The molecule has 0 amide bonds. The van der Waals surface area contributed by atoms with Gasteiger partial charge in [0, 0.05) is 17.5 Å². The van der Waals surface area contributed by atoms with Gasteiger partial charge in [0.1, 0.15) is 11.6 Å². The highest BCUT2D eigenvalue weighted by Crippen LogP contribution is 2.39. The number of benzene rings is 1. The fraction of sp³-hybridized carbons (Fsp3) is 0.600. The minimum atomic E-state index is -0.293. The highest BCUT2D eigenvalue weighted by molar-refractivity contribution is 5.42. The molecule has 2 unspecified atom stereocenters. The Morgan fingerprint density at radius 2 is 2.06 bits per heavy atom. The average molecular weight is 251 g/mol. The number of phenolic OH excluding ortho intramolecular Hbond substituents is 1. The van der Waals surface area contributed by atoms with Gasteiger partial charge in [-0.25, -0.2) is 4.39 Å². The summed E-state index contributed by atoms with van der Waals surface area (Å²) >= 11 is 0. The van der Waals surface area contributed by atoms with E-state index in [2.05, 4.69) is 6.92 Å². The molecular weight excluding hydrogens is 229 g/mol. The van der Waals surface area contributed by atoms with Crippen molar-refractivity contribution in [1.29, 1.82) is 0 Å². The second kappa shape index (κ2) is 4.88. The van der Waals surface area contributed by atoms with E-state index in [1.807, 2.05) is 6.92 Å². The van der Waals surface area contributed by atoms with Gasteiger partial charge in [0.2, 0.25) is 0 Å². The number of phenols is 1. The van der Waals surface area contributed by atoms with Crippen molar-refractivity contribution in [3.8, 4) is 5.75 Å². The van der Waals surface area contributed by atoms with Crippen LogP contribution < -0.4 is 5.73 Å². The average Bonchev–Trinajstić information content (AvgIpc) is 2.27. The summed E-state index contributed by atoms with van der Waals surface area (Å²) in [5.41, 5.74) is 7.52. The third-order valence-electron chi connectivity index (χ3n) is 4.42. The zero-order valence-corrected chi connectivity index (χ0v) is 11.2. The van der Waals surface area contributed by atoms with Crippen LogP contribution in [0, 0.1) is 5.82 Å². The SMILES string of the molecule is CC(N)C1(C)CCCCCc2c(F)cc(O)cc21. The molecular formula is C15H22FNO. The number of rotatable bonds is 1. The Labute approximate surface area is 108 Å². The van der Waals surface area contributed by atoms with Crippen molar-refractivity contribution in [2.75, 3.05) is 0 Å². The van der Waals surface area contributed by atoms with Crippen LogP contribution in [-0.4, -0.2) is 11.1 Å². The monoisotopic (exact) mass is 251 g/mol. The van der Waals surface area contributed by atoms with Crippen molar-refractivity contribution in [2.24, 2.45) is 5.73 Å². The lowest BCUT2D eigenvalue weighted by atomic mass is 9.69. The van der Waals surface area contributed by atoms with Gasteiger partial charge >= 0.3 is 0 Å². The molecule has 100 valence electrons. The van der Waals surface area contributed by atoms with Gasteiger partial charge in [-0.05, 0) is 43.4 Å². The van der Waals surface area contributed by atoms with E-state index in [0.717, 1.165) is 43.2 Å². The van der Waals surface area contributed by atoms with Crippen LogP contribution in [0.15, 0.2) is 12.1 Å². The predicted molar refractivity (Wildman–Crippen MR) is 71.2 cm³/mol. The van der Waals surface area contributed by atoms with Gasteiger partial charge in [-0.15, -0.1) is 0 Å².